The Balaban J connectivity index is 2.09. The van der Waals surface area contributed by atoms with Gasteiger partial charge in [0.1, 0.15) is 11.0 Å². The molecule has 19 heavy (non-hydrogen) atoms. The van der Waals surface area contributed by atoms with Crippen LogP contribution >= 0.6 is 11.6 Å². The lowest BCUT2D eigenvalue weighted by Gasteiger charge is -2.16. The molecule has 1 aromatic carbocycles. The molecule has 2 rings (SSSR count). The monoisotopic (exact) mass is 274 g/mol. The van der Waals surface area contributed by atoms with Crippen molar-refractivity contribution in [2.45, 2.75) is 32.7 Å². The first kappa shape index (κ1) is 13.9. The number of pyridine rings is 1. The summed E-state index contributed by atoms with van der Waals surface area (Å²) in [5.41, 5.74) is 2.60. The molecule has 1 heterocycles. The topological polar surface area (TPSA) is 24.9 Å². The van der Waals surface area contributed by atoms with Crippen LogP contribution < -0.4 is 5.32 Å². The summed E-state index contributed by atoms with van der Waals surface area (Å²) in [6.45, 7) is 6.52. The molecular weight excluding hydrogens is 256 g/mol. The summed E-state index contributed by atoms with van der Waals surface area (Å²) in [5.74, 6) is 1.36. The first-order valence-corrected chi connectivity index (χ1v) is 6.93. The molecule has 1 atom stereocenters. The molecule has 1 unspecified atom stereocenters. The summed E-state index contributed by atoms with van der Waals surface area (Å²) in [5, 5.41) is 3.86. The third-order valence-corrected chi connectivity index (χ3v) is 3.39. The minimum absolute atomic E-state index is 0.201. The predicted molar refractivity (Wildman–Crippen MR) is 81.8 cm³/mol. The van der Waals surface area contributed by atoms with Crippen molar-refractivity contribution in [3.8, 4) is 0 Å². The number of aromatic nitrogens is 1. The lowest BCUT2D eigenvalue weighted by atomic mass is 9.99. The van der Waals surface area contributed by atoms with Crippen LogP contribution in [0.15, 0.2) is 42.5 Å². The van der Waals surface area contributed by atoms with Gasteiger partial charge in [-0.1, -0.05) is 55.8 Å². The standard InChI is InChI=1S/C16H19ClN2/c1-11(2)13-7-9-14(10-8-13)12(3)18-16-6-4-5-15(17)19-16/h4-12H,1-3H3,(H,18,19). The number of nitrogens with one attached hydrogen (secondary N) is 1. The third-order valence-electron chi connectivity index (χ3n) is 3.18. The van der Waals surface area contributed by atoms with Crippen LogP contribution in [0.3, 0.4) is 0 Å². The number of hydrogen-bond donors (Lipinski definition) is 1. The highest BCUT2D eigenvalue weighted by atomic mass is 35.5. The van der Waals surface area contributed by atoms with Gasteiger partial charge in [-0.25, -0.2) is 4.98 Å². The highest BCUT2D eigenvalue weighted by molar-refractivity contribution is 6.29. The molecule has 2 aromatic rings. The first-order chi connectivity index (χ1) is 9.06. The van der Waals surface area contributed by atoms with Gasteiger partial charge in [0.15, 0.2) is 0 Å². The second kappa shape index (κ2) is 6.07. The normalized spacial score (nSPS) is 12.5. The molecule has 2 nitrogen and oxygen atoms in total. The number of hydrogen-bond acceptors (Lipinski definition) is 2. The Kier molecular flexibility index (Phi) is 4.43. The maximum atomic E-state index is 5.88. The zero-order valence-electron chi connectivity index (χ0n) is 11.5. The van der Waals surface area contributed by atoms with E-state index in [1.165, 1.54) is 11.1 Å². The molecule has 0 amide bonds. The summed E-state index contributed by atoms with van der Waals surface area (Å²) >= 11 is 5.88. The number of benzene rings is 1. The van der Waals surface area contributed by atoms with Gasteiger partial charge < -0.3 is 5.32 Å². The molecule has 0 aliphatic carbocycles. The zero-order valence-corrected chi connectivity index (χ0v) is 12.3. The molecule has 100 valence electrons. The summed E-state index contributed by atoms with van der Waals surface area (Å²) in [4.78, 5) is 4.24. The quantitative estimate of drug-likeness (QED) is 0.791. The fraction of sp³-hybridized carbons (Fsp3) is 0.312. The largest absolute Gasteiger partial charge is 0.364 e. The second-order valence-electron chi connectivity index (χ2n) is 5.03. The Hall–Kier alpha value is -1.54. The second-order valence-corrected chi connectivity index (χ2v) is 5.42. The van der Waals surface area contributed by atoms with E-state index in [0.29, 0.717) is 11.1 Å². The van der Waals surface area contributed by atoms with Gasteiger partial charge in [-0.15, -0.1) is 0 Å². The fourth-order valence-electron chi connectivity index (χ4n) is 1.96. The van der Waals surface area contributed by atoms with Crippen molar-refractivity contribution >= 4 is 17.4 Å². The van der Waals surface area contributed by atoms with E-state index in [-0.39, 0.29) is 6.04 Å². The lowest BCUT2D eigenvalue weighted by Crippen LogP contribution is -2.08. The Morgan fingerprint density at radius 2 is 1.58 bits per heavy atom. The summed E-state index contributed by atoms with van der Waals surface area (Å²) < 4.78 is 0. The van der Waals surface area contributed by atoms with E-state index >= 15 is 0 Å². The summed E-state index contributed by atoms with van der Waals surface area (Å²) in [6, 6.07) is 14.5. The van der Waals surface area contributed by atoms with Gasteiger partial charge in [0.05, 0.1) is 0 Å². The van der Waals surface area contributed by atoms with Crippen molar-refractivity contribution in [2.24, 2.45) is 0 Å². The number of nitrogens with zero attached hydrogens (tertiary/aromatic N) is 1. The third kappa shape index (κ3) is 3.71. The highest BCUT2D eigenvalue weighted by Crippen LogP contribution is 2.21. The van der Waals surface area contributed by atoms with Gasteiger partial charge in [-0.05, 0) is 36.1 Å². The Morgan fingerprint density at radius 3 is 2.16 bits per heavy atom. The molecule has 1 aromatic heterocycles. The predicted octanol–water partition coefficient (Wildman–Crippen LogP) is 5.03. The fourth-order valence-corrected chi connectivity index (χ4v) is 2.13. The Morgan fingerprint density at radius 1 is 0.947 bits per heavy atom. The van der Waals surface area contributed by atoms with Gasteiger partial charge in [-0.3, -0.25) is 0 Å². The summed E-state index contributed by atoms with van der Waals surface area (Å²) in [6.07, 6.45) is 0. The van der Waals surface area contributed by atoms with Crippen molar-refractivity contribution in [1.82, 2.24) is 4.98 Å². The van der Waals surface area contributed by atoms with E-state index in [1.807, 2.05) is 12.1 Å². The minimum Gasteiger partial charge on any atom is -0.364 e. The molecule has 0 bridgehead atoms. The van der Waals surface area contributed by atoms with Gasteiger partial charge >= 0.3 is 0 Å². The van der Waals surface area contributed by atoms with Crippen LogP contribution in [-0.4, -0.2) is 4.98 Å². The van der Waals surface area contributed by atoms with E-state index in [9.17, 15) is 0 Å². The molecule has 0 spiro atoms. The molecule has 0 aliphatic rings. The zero-order chi connectivity index (χ0) is 13.8. The molecule has 0 saturated carbocycles. The molecule has 3 heteroatoms. The van der Waals surface area contributed by atoms with E-state index in [2.05, 4.69) is 55.3 Å². The van der Waals surface area contributed by atoms with Crippen LogP contribution in [0.2, 0.25) is 5.15 Å². The van der Waals surface area contributed by atoms with Crippen molar-refractivity contribution in [3.05, 3.63) is 58.7 Å². The van der Waals surface area contributed by atoms with E-state index < -0.39 is 0 Å². The van der Waals surface area contributed by atoms with E-state index in [0.717, 1.165) is 5.82 Å². The van der Waals surface area contributed by atoms with Crippen molar-refractivity contribution in [3.63, 3.8) is 0 Å². The maximum Gasteiger partial charge on any atom is 0.131 e. The molecule has 0 radical (unpaired) electrons. The molecule has 0 fully saturated rings. The van der Waals surface area contributed by atoms with Gasteiger partial charge in [0.2, 0.25) is 0 Å². The molecule has 0 saturated heterocycles. The average molecular weight is 275 g/mol. The molecular formula is C16H19ClN2. The van der Waals surface area contributed by atoms with Crippen LogP contribution in [0.5, 0.6) is 0 Å². The maximum absolute atomic E-state index is 5.88. The van der Waals surface area contributed by atoms with Crippen LogP contribution in [0.25, 0.3) is 0 Å². The van der Waals surface area contributed by atoms with Crippen LogP contribution in [0.4, 0.5) is 5.82 Å². The average Bonchev–Trinajstić information content (AvgIpc) is 2.39. The smallest absolute Gasteiger partial charge is 0.131 e. The SMILES string of the molecule is CC(C)c1ccc(C(C)Nc2cccc(Cl)n2)cc1. The Labute approximate surface area is 119 Å². The number of rotatable bonds is 4. The van der Waals surface area contributed by atoms with E-state index in [4.69, 9.17) is 11.6 Å². The Bertz CT molecular complexity index is 535. The lowest BCUT2D eigenvalue weighted by molar-refractivity contribution is 0.849. The number of halogens is 1. The minimum atomic E-state index is 0.201. The van der Waals surface area contributed by atoms with Gasteiger partial charge in [0.25, 0.3) is 0 Å². The van der Waals surface area contributed by atoms with Gasteiger partial charge in [0, 0.05) is 6.04 Å². The van der Waals surface area contributed by atoms with Crippen LogP contribution in [0, 0.1) is 0 Å². The summed E-state index contributed by atoms with van der Waals surface area (Å²) in [7, 11) is 0. The van der Waals surface area contributed by atoms with Crippen LogP contribution in [-0.2, 0) is 0 Å². The van der Waals surface area contributed by atoms with Crippen molar-refractivity contribution in [1.29, 1.82) is 0 Å². The van der Waals surface area contributed by atoms with Gasteiger partial charge in [-0.2, -0.15) is 0 Å². The highest BCUT2D eigenvalue weighted by Gasteiger charge is 2.07. The molecule has 1 N–H and O–H groups in total. The van der Waals surface area contributed by atoms with Crippen LogP contribution in [0.1, 0.15) is 43.9 Å². The van der Waals surface area contributed by atoms with E-state index in [1.54, 1.807) is 6.07 Å². The number of anilines is 1. The van der Waals surface area contributed by atoms with Crippen molar-refractivity contribution in [2.75, 3.05) is 5.32 Å². The first-order valence-electron chi connectivity index (χ1n) is 6.55. The molecule has 0 aliphatic heterocycles. The van der Waals surface area contributed by atoms with Crippen molar-refractivity contribution < 1.29 is 0 Å².